The quantitative estimate of drug-likeness (QED) is 0.772. The first-order valence-electron chi connectivity index (χ1n) is 5.72. The van der Waals surface area contributed by atoms with E-state index in [9.17, 15) is 13.6 Å². The van der Waals surface area contributed by atoms with Crippen molar-refractivity contribution in [2.24, 2.45) is 0 Å². The number of rotatable bonds is 3. The average molecular weight is 262 g/mol. The summed E-state index contributed by atoms with van der Waals surface area (Å²) in [6.07, 6.45) is 0. The van der Waals surface area contributed by atoms with Crippen LogP contribution in [0.1, 0.15) is 22.8 Å². The van der Waals surface area contributed by atoms with Crippen LogP contribution in [0.15, 0.2) is 36.4 Å². The fourth-order valence-electron chi connectivity index (χ4n) is 1.73. The first-order chi connectivity index (χ1) is 8.99. The second-order valence-corrected chi connectivity index (χ2v) is 4.18. The van der Waals surface area contributed by atoms with Crippen molar-refractivity contribution in [3.8, 4) is 11.5 Å². The molecule has 0 aliphatic rings. The van der Waals surface area contributed by atoms with Crippen molar-refractivity contribution in [3.63, 3.8) is 0 Å². The molecule has 0 unspecified atom stereocenters. The number of Topliss-reactive ketones (excluding diaryl/α,β-unsaturated/α-hetero) is 1. The number of hydrogen-bond donors (Lipinski definition) is 0. The number of ether oxygens (including phenoxy) is 1. The van der Waals surface area contributed by atoms with E-state index in [0.29, 0.717) is 11.3 Å². The Morgan fingerprint density at radius 1 is 1.16 bits per heavy atom. The van der Waals surface area contributed by atoms with Gasteiger partial charge >= 0.3 is 0 Å². The van der Waals surface area contributed by atoms with Crippen LogP contribution in [0.2, 0.25) is 0 Å². The number of aryl methyl sites for hydroxylation is 1. The second kappa shape index (κ2) is 5.18. The van der Waals surface area contributed by atoms with Crippen LogP contribution in [-0.4, -0.2) is 5.78 Å². The normalized spacial score (nSPS) is 10.3. The van der Waals surface area contributed by atoms with Gasteiger partial charge in [0.1, 0.15) is 11.6 Å². The molecule has 0 saturated heterocycles. The topological polar surface area (TPSA) is 26.3 Å². The third-order valence-corrected chi connectivity index (χ3v) is 2.70. The Labute approximate surface area is 109 Å². The van der Waals surface area contributed by atoms with E-state index in [0.717, 1.165) is 0 Å². The molecule has 2 rings (SSSR count). The molecule has 2 nitrogen and oxygen atoms in total. The molecule has 0 aliphatic carbocycles. The van der Waals surface area contributed by atoms with E-state index in [4.69, 9.17) is 4.74 Å². The zero-order valence-corrected chi connectivity index (χ0v) is 10.5. The Balaban J connectivity index is 2.46. The lowest BCUT2D eigenvalue weighted by Gasteiger charge is -2.12. The highest BCUT2D eigenvalue weighted by Crippen LogP contribution is 2.30. The summed E-state index contributed by atoms with van der Waals surface area (Å²) in [5.41, 5.74) is 0.682. The molecule has 0 N–H and O–H groups in total. The summed E-state index contributed by atoms with van der Waals surface area (Å²) >= 11 is 0. The SMILES string of the molecule is CC(=O)c1cccc(F)c1Oc1ccc(F)cc1C. The molecule has 2 aromatic carbocycles. The minimum absolute atomic E-state index is 0.135. The largest absolute Gasteiger partial charge is 0.453 e. The molecule has 0 aromatic heterocycles. The van der Waals surface area contributed by atoms with Crippen LogP contribution < -0.4 is 4.74 Å². The third kappa shape index (κ3) is 2.78. The number of carbonyl (C=O) groups excluding carboxylic acids is 1. The van der Waals surface area contributed by atoms with E-state index in [1.54, 1.807) is 6.92 Å². The smallest absolute Gasteiger partial charge is 0.173 e. The summed E-state index contributed by atoms with van der Waals surface area (Å²) in [6, 6.07) is 8.04. The van der Waals surface area contributed by atoms with E-state index >= 15 is 0 Å². The molecule has 0 bridgehead atoms. The predicted octanol–water partition coefficient (Wildman–Crippen LogP) is 4.27. The number of halogens is 2. The monoisotopic (exact) mass is 262 g/mol. The van der Waals surface area contributed by atoms with Gasteiger partial charge in [-0.15, -0.1) is 0 Å². The molecule has 4 heteroatoms. The van der Waals surface area contributed by atoms with Crippen molar-refractivity contribution >= 4 is 5.78 Å². The molecule has 0 fully saturated rings. The first kappa shape index (κ1) is 13.2. The summed E-state index contributed by atoms with van der Waals surface area (Å²) < 4.78 is 32.2. The van der Waals surface area contributed by atoms with Gasteiger partial charge in [0.2, 0.25) is 0 Å². The van der Waals surface area contributed by atoms with Crippen LogP contribution in [-0.2, 0) is 0 Å². The number of ketones is 1. The first-order valence-corrected chi connectivity index (χ1v) is 5.72. The van der Waals surface area contributed by atoms with Gasteiger partial charge in [0, 0.05) is 0 Å². The van der Waals surface area contributed by atoms with Gasteiger partial charge in [0.25, 0.3) is 0 Å². The van der Waals surface area contributed by atoms with Crippen LogP contribution in [0.3, 0.4) is 0 Å². The lowest BCUT2D eigenvalue weighted by molar-refractivity contribution is 0.101. The predicted molar refractivity (Wildman–Crippen MR) is 67.6 cm³/mol. The van der Waals surface area contributed by atoms with Crippen molar-refractivity contribution < 1.29 is 18.3 Å². The molecule has 0 aliphatic heterocycles. The van der Waals surface area contributed by atoms with E-state index in [1.165, 1.54) is 43.3 Å². The van der Waals surface area contributed by atoms with Crippen molar-refractivity contribution in [2.45, 2.75) is 13.8 Å². The molecule has 0 amide bonds. The number of benzene rings is 2. The van der Waals surface area contributed by atoms with E-state index in [1.807, 2.05) is 0 Å². The van der Waals surface area contributed by atoms with Gasteiger partial charge in [-0.3, -0.25) is 4.79 Å². The molecule has 2 aromatic rings. The maximum absolute atomic E-state index is 13.8. The Bertz CT molecular complexity index is 636. The Kier molecular flexibility index (Phi) is 3.60. The van der Waals surface area contributed by atoms with E-state index < -0.39 is 11.6 Å². The fraction of sp³-hybridized carbons (Fsp3) is 0.133. The van der Waals surface area contributed by atoms with Crippen molar-refractivity contribution in [1.82, 2.24) is 0 Å². The zero-order chi connectivity index (χ0) is 14.0. The van der Waals surface area contributed by atoms with Gasteiger partial charge in [-0.25, -0.2) is 8.78 Å². The number of para-hydroxylation sites is 1. The molecule has 0 atom stereocenters. The Morgan fingerprint density at radius 2 is 1.89 bits per heavy atom. The Hall–Kier alpha value is -2.23. The summed E-state index contributed by atoms with van der Waals surface area (Å²) in [7, 11) is 0. The number of carbonyl (C=O) groups is 1. The summed E-state index contributed by atoms with van der Waals surface area (Å²) in [5.74, 6) is -1.14. The molecule has 0 spiro atoms. The van der Waals surface area contributed by atoms with Crippen LogP contribution in [0.25, 0.3) is 0 Å². The lowest BCUT2D eigenvalue weighted by Crippen LogP contribution is -2.00. The molecule has 19 heavy (non-hydrogen) atoms. The number of hydrogen-bond acceptors (Lipinski definition) is 2. The summed E-state index contributed by atoms with van der Waals surface area (Å²) in [4.78, 5) is 11.4. The van der Waals surface area contributed by atoms with Crippen molar-refractivity contribution in [2.75, 3.05) is 0 Å². The second-order valence-electron chi connectivity index (χ2n) is 4.18. The van der Waals surface area contributed by atoms with E-state index in [2.05, 4.69) is 0 Å². The van der Waals surface area contributed by atoms with E-state index in [-0.39, 0.29) is 17.1 Å². The highest BCUT2D eigenvalue weighted by atomic mass is 19.1. The molecule has 98 valence electrons. The van der Waals surface area contributed by atoms with Gasteiger partial charge in [0.15, 0.2) is 17.3 Å². The van der Waals surface area contributed by atoms with Crippen LogP contribution in [0, 0.1) is 18.6 Å². The third-order valence-electron chi connectivity index (χ3n) is 2.70. The highest BCUT2D eigenvalue weighted by molar-refractivity contribution is 5.96. The molecule has 0 radical (unpaired) electrons. The minimum Gasteiger partial charge on any atom is -0.453 e. The zero-order valence-electron chi connectivity index (χ0n) is 10.5. The van der Waals surface area contributed by atoms with Crippen LogP contribution >= 0.6 is 0 Å². The van der Waals surface area contributed by atoms with Gasteiger partial charge in [-0.1, -0.05) is 6.07 Å². The summed E-state index contributed by atoms with van der Waals surface area (Å²) in [5, 5.41) is 0. The van der Waals surface area contributed by atoms with Gasteiger partial charge < -0.3 is 4.74 Å². The minimum atomic E-state index is -0.628. The van der Waals surface area contributed by atoms with Crippen LogP contribution in [0.4, 0.5) is 8.78 Å². The van der Waals surface area contributed by atoms with Crippen molar-refractivity contribution in [1.29, 1.82) is 0 Å². The van der Waals surface area contributed by atoms with Crippen LogP contribution in [0.5, 0.6) is 11.5 Å². The summed E-state index contributed by atoms with van der Waals surface area (Å²) in [6.45, 7) is 2.98. The maximum Gasteiger partial charge on any atom is 0.173 e. The molecular formula is C15H12F2O2. The molecular weight excluding hydrogens is 250 g/mol. The molecule has 0 saturated carbocycles. The van der Waals surface area contributed by atoms with Crippen molar-refractivity contribution in [3.05, 3.63) is 59.2 Å². The fourth-order valence-corrected chi connectivity index (χ4v) is 1.73. The van der Waals surface area contributed by atoms with Gasteiger partial charge in [-0.05, 0) is 49.7 Å². The maximum atomic E-state index is 13.8. The highest BCUT2D eigenvalue weighted by Gasteiger charge is 2.15. The molecule has 0 heterocycles. The van der Waals surface area contributed by atoms with Gasteiger partial charge in [0.05, 0.1) is 5.56 Å². The average Bonchev–Trinajstić information content (AvgIpc) is 2.34. The standard InChI is InChI=1S/C15H12F2O2/c1-9-8-11(16)6-7-14(9)19-15-12(10(2)18)4-3-5-13(15)17/h3-8H,1-2H3. The van der Waals surface area contributed by atoms with Gasteiger partial charge in [-0.2, -0.15) is 0 Å². The lowest BCUT2D eigenvalue weighted by atomic mass is 10.1. The Morgan fingerprint density at radius 3 is 2.53 bits per heavy atom.